The van der Waals surface area contributed by atoms with E-state index in [4.69, 9.17) is 11.6 Å². The Morgan fingerprint density at radius 3 is 2.48 bits per heavy atom. The van der Waals surface area contributed by atoms with E-state index in [1.807, 2.05) is 0 Å². The van der Waals surface area contributed by atoms with Crippen LogP contribution in [0.15, 0.2) is 53.8 Å². The third-order valence-electron chi connectivity index (χ3n) is 3.72. The minimum absolute atomic E-state index is 0.172. The molecule has 0 spiro atoms. The number of anilines is 1. The maximum Gasteiger partial charge on any atom is 0.259 e. The molecule has 0 aliphatic heterocycles. The van der Waals surface area contributed by atoms with Crippen LogP contribution in [0.3, 0.4) is 0 Å². The van der Waals surface area contributed by atoms with Crippen LogP contribution in [0.4, 0.5) is 5.69 Å². The molecule has 8 heteroatoms. The summed E-state index contributed by atoms with van der Waals surface area (Å²) in [5, 5.41) is 11.1. The Morgan fingerprint density at radius 2 is 1.96 bits per heavy atom. The van der Waals surface area contributed by atoms with Crippen LogP contribution in [0, 0.1) is 10.1 Å². The molecule has 0 saturated heterocycles. The fraction of sp³-hybridized carbons (Fsp3) is 0.333. The summed E-state index contributed by atoms with van der Waals surface area (Å²) in [6, 6.07) is 8.53. The van der Waals surface area contributed by atoms with Crippen molar-refractivity contribution >= 4 is 27.3 Å². The van der Waals surface area contributed by atoms with Gasteiger partial charge in [-0.15, -0.1) is 0 Å². The second kappa shape index (κ2) is 6.33. The Kier molecular flexibility index (Phi) is 4.81. The first-order valence-electron chi connectivity index (χ1n) is 7.02. The molecule has 0 fully saturated rings. The number of sulfonamides is 1. The van der Waals surface area contributed by atoms with Gasteiger partial charge in [0.25, 0.3) is 15.7 Å². The molecule has 23 heavy (non-hydrogen) atoms. The predicted molar refractivity (Wildman–Crippen MR) is 90.4 cm³/mol. The summed E-state index contributed by atoms with van der Waals surface area (Å²) in [5.41, 5.74) is 0.691. The van der Waals surface area contributed by atoms with Gasteiger partial charge in [0.2, 0.25) is 0 Å². The number of allylic oxidation sites excluding steroid dienone is 3. The summed E-state index contributed by atoms with van der Waals surface area (Å²) in [5.74, 6) is 0. The molecule has 0 aromatic heterocycles. The smallest absolute Gasteiger partial charge is 0.259 e. The molecule has 124 valence electrons. The fourth-order valence-corrected chi connectivity index (χ4v) is 4.53. The van der Waals surface area contributed by atoms with Crippen molar-refractivity contribution in [3.8, 4) is 0 Å². The third-order valence-corrected chi connectivity index (χ3v) is 6.75. The molecule has 0 bridgehead atoms. The number of hydrogen-bond acceptors (Lipinski definition) is 4. The molecule has 0 saturated carbocycles. The molecule has 0 heterocycles. The number of nitrogens with zero attached hydrogens (tertiary/aromatic N) is 2. The van der Waals surface area contributed by atoms with E-state index in [-0.39, 0.29) is 18.7 Å². The normalized spacial score (nSPS) is 21.3. The van der Waals surface area contributed by atoms with Gasteiger partial charge in [-0.3, -0.25) is 14.4 Å². The third kappa shape index (κ3) is 3.11. The first-order valence-corrected chi connectivity index (χ1v) is 8.84. The number of nitro groups is 1. The molecule has 1 unspecified atom stereocenters. The summed E-state index contributed by atoms with van der Waals surface area (Å²) in [7, 11) is -4.04. The lowest BCUT2D eigenvalue weighted by Crippen LogP contribution is -2.45. The number of para-hydroxylation sites is 1. The van der Waals surface area contributed by atoms with Crippen molar-refractivity contribution in [3.05, 3.63) is 63.9 Å². The van der Waals surface area contributed by atoms with Crippen LogP contribution in [0.25, 0.3) is 0 Å². The van der Waals surface area contributed by atoms with E-state index in [0.29, 0.717) is 11.3 Å². The van der Waals surface area contributed by atoms with E-state index >= 15 is 0 Å². The van der Waals surface area contributed by atoms with E-state index in [9.17, 15) is 18.5 Å². The molecular formula is C15H17ClN2O4S. The molecule has 1 aromatic rings. The van der Waals surface area contributed by atoms with Crippen LogP contribution in [0.2, 0.25) is 0 Å². The molecule has 0 amide bonds. The Morgan fingerprint density at radius 1 is 1.35 bits per heavy atom. The maximum absolute atomic E-state index is 13.0. The zero-order valence-electron chi connectivity index (χ0n) is 12.8. The quantitative estimate of drug-likeness (QED) is 0.460. The van der Waals surface area contributed by atoms with E-state index in [1.54, 1.807) is 44.2 Å². The van der Waals surface area contributed by atoms with E-state index in [1.165, 1.54) is 16.5 Å². The Bertz CT molecular complexity index is 774. The largest absolute Gasteiger partial charge is 0.269 e. The Labute approximate surface area is 140 Å². The molecule has 2 rings (SSSR count). The molecule has 0 radical (unpaired) electrons. The molecule has 1 aliphatic carbocycles. The SMILES string of the molecule is CCN(c1ccccc1)S(=O)(=O)C1(Cl)C=CC(C)=C([N+](=O)[O-])C1. The first-order chi connectivity index (χ1) is 10.7. The van der Waals surface area contributed by atoms with Gasteiger partial charge in [0.15, 0.2) is 4.21 Å². The summed E-state index contributed by atoms with van der Waals surface area (Å²) in [6.45, 7) is 3.42. The zero-order chi connectivity index (χ0) is 17.3. The van der Waals surface area contributed by atoms with Crippen molar-refractivity contribution in [2.75, 3.05) is 10.8 Å². The van der Waals surface area contributed by atoms with Gasteiger partial charge in [0.05, 0.1) is 17.0 Å². The van der Waals surface area contributed by atoms with Crippen molar-refractivity contribution in [1.29, 1.82) is 0 Å². The van der Waals surface area contributed by atoms with Crippen LogP contribution in [-0.4, -0.2) is 24.1 Å². The van der Waals surface area contributed by atoms with E-state index in [2.05, 4.69) is 0 Å². The van der Waals surface area contributed by atoms with Gasteiger partial charge in [0, 0.05) is 12.1 Å². The second-order valence-corrected chi connectivity index (χ2v) is 8.21. The lowest BCUT2D eigenvalue weighted by Gasteiger charge is -2.32. The highest BCUT2D eigenvalue weighted by Gasteiger charge is 2.48. The maximum atomic E-state index is 13.0. The van der Waals surface area contributed by atoms with Gasteiger partial charge in [-0.1, -0.05) is 35.9 Å². The van der Waals surface area contributed by atoms with Crippen molar-refractivity contribution in [3.63, 3.8) is 0 Å². The predicted octanol–water partition coefficient (Wildman–Crippen LogP) is 3.29. The molecule has 0 N–H and O–H groups in total. The molecule has 6 nitrogen and oxygen atoms in total. The minimum Gasteiger partial charge on any atom is -0.269 e. The fourth-order valence-electron chi connectivity index (χ4n) is 2.43. The highest BCUT2D eigenvalue weighted by Crippen LogP contribution is 2.40. The highest BCUT2D eigenvalue weighted by atomic mass is 35.5. The zero-order valence-corrected chi connectivity index (χ0v) is 14.3. The molecule has 1 atom stereocenters. The molecule has 1 aromatic carbocycles. The number of rotatable bonds is 5. The number of hydrogen-bond donors (Lipinski definition) is 0. The number of benzene rings is 1. The lowest BCUT2D eigenvalue weighted by atomic mass is 10.0. The van der Waals surface area contributed by atoms with Crippen LogP contribution in [0.1, 0.15) is 20.3 Å². The number of halogens is 1. The van der Waals surface area contributed by atoms with Crippen LogP contribution >= 0.6 is 11.6 Å². The van der Waals surface area contributed by atoms with Crippen molar-refractivity contribution in [2.24, 2.45) is 0 Å². The minimum atomic E-state index is -4.04. The van der Waals surface area contributed by atoms with Crippen molar-refractivity contribution < 1.29 is 13.3 Å². The average Bonchev–Trinajstić information content (AvgIpc) is 2.51. The Balaban J connectivity index is 2.47. The van der Waals surface area contributed by atoms with Gasteiger partial charge < -0.3 is 0 Å². The summed E-state index contributed by atoms with van der Waals surface area (Å²) in [4.78, 5) is 10.6. The van der Waals surface area contributed by atoms with Crippen LogP contribution < -0.4 is 4.31 Å². The van der Waals surface area contributed by atoms with Crippen molar-refractivity contribution in [1.82, 2.24) is 0 Å². The highest BCUT2D eigenvalue weighted by molar-refractivity contribution is 7.95. The molecule has 1 aliphatic rings. The van der Waals surface area contributed by atoms with Gasteiger partial charge in [-0.2, -0.15) is 0 Å². The number of alkyl halides is 1. The van der Waals surface area contributed by atoms with Crippen molar-refractivity contribution in [2.45, 2.75) is 24.5 Å². The summed E-state index contributed by atoms with van der Waals surface area (Å²) in [6.07, 6.45) is 2.33. The van der Waals surface area contributed by atoms with E-state index < -0.39 is 19.2 Å². The first kappa shape index (κ1) is 17.5. The monoisotopic (exact) mass is 356 g/mol. The van der Waals surface area contributed by atoms with Gasteiger partial charge in [-0.25, -0.2) is 8.42 Å². The molecular weight excluding hydrogens is 340 g/mol. The van der Waals surface area contributed by atoms with E-state index in [0.717, 1.165) is 0 Å². The topological polar surface area (TPSA) is 80.5 Å². The second-order valence-electron chi connectivity index (χ2n) is 5.19. The standard InChI is InChI=1S/C15H17ClN2O4S/c1-3-17(13-7-5-4-6-8-13)23(21,22)15(16)10-9-12(2)14(11-15)18(19)20/h4-10H,3,11H2,1-2H3. The summed E-state index contributed by atoms with van der Waals surface area (Å²) >= 11 is 6.34. The van der Waals surface area contributed by atoms with Gasteiger partial charge in [0.1, 0.15) is 0 Å². The van der Waals surface area contributed by atoms with Gasteiger partial charge >= 0.3 is 0 Å². The lowest BCUT2D eigenvalue weighted by molar-refractivity contribution is -0.429. The average molecular weight is 357 g/mol. The van der Waals surface area contributed by atoms with Gasteiger partial charge in [-0.05, 0) is 32.1 Å². The van der Waals surface area contributed by atoms with Crippen LogP contribution in [-0.2, 0) is 10.0 Å². The Hall–Kier alpha value is -1.86. The van der Waals surface area contributed by atoms with Crippen LogP contribution in [0.5, 0.6) is 0 Å². The summed E-state index contributed by atoms with van der Waals surface area (Å²) < 4.78 is 25.3.